The second-order valence-corrected chi connectivity index (χ2v) is 11.8. The molecule has 1 aliphatic carbocycles. The average Bonchev–Trinajstić information content (AvgIpc) is 3.36. The van der Waals surface area contributed by atoms with Crippen LogP contribution in [-0.4, -0.2) is 85.9 Å². The number of hydrogen-bond acceptors (Lipinski definition) is 7. The Kier molecular flexibility index (Phi) is 10.2. The molecule has 0 bridgehead atoms. The molecule has 3 aromatic rings. The number of nitrogens with zero attached hydrogens (tertiary/aromatic N) is 5. The van der Waals surface area contributed by atoms with Crippen molar-refractivity contribution in [2.45, 2.75) is 83.4 Å². The Labute approximate surface area is 243 Å². The van der Waals surface area contributed by atoms with E-state index in [0.29, 0.717) is 12.0 Å². The first-order valence-electron chi connectivity index (χ1n) is 15.6. The molecule has 0 radical (unpaired) electrons. The first-order chi connectivity index (χ1) is 20.0. The molecular formula is C32H46N6O3. The molecule has 222 valence electrons. The summed E-state index contributed by atoms with van der Waals surface area (Å²) >= 11 is 0. The summed E-state index contributed by atoms with van der Waals surface area (Å²) in [6, 6.07) is 9.31. The molecule has 2 aromatic heterocycles. The monoisotopic (exact) mass is 562 g/mol. The van der Waals surface area contributed by atoms with Gasteiger partial charge in [-0.25, -0.2) is 4.98 Å². The summed E-state index contributed by atoms with van der Waals surface area (Å²) in [5.74, 6) is -0.0166. The van der Waals surface area contributed by atoms with E-state index < -0.39 is 5.97 Å². The second-order valence-electron chi connectivity index (χ2n) is 11.8. The topological polar surface area (TPSA) is 107 Å². The van der Waals surface area contributed by atoms with Gasteiger partial charge in [-0.05, 0) is 62.6 Å². The highest BCUT2D eigenvalue weighted by Gasteiger charge is 2.24. The quantitative estimate of drug-likeness (QED) is 0.245. The molecule has 1 saturated carbocycles. The van der Waals surface area contributed by atoms with Crippen LogP contribution in [0.15, 0.2) is 36.7 Å². The number of hydrogen-bond donors (Lipinski definition) is 3. The van der Waals surface area contributed by atoms with E-state index in [2.05, 4.69) is 62.1 Å². The van der Waals surface area contributed by atoms with Crippen molar-refractivity contribution in [3.05, 3.63) is 42.2 Å². The number of rotatable bonds is 13. The summed E-state index contributed by atoms with van der Waals surface area (Å²) in [5.41, 5.74) is 4.64. The highest BCUT2D eigenvalue weighted by molar-refractivity contribution is 5.94. The van der Waals surface area contributed by atoms with E-state index in [-0.39, 0.29) is 12.5 Å². The number of fused-ring (bicyclic) bond motifs is 1. The van der Waals surface area contributed by atoms with E-state index in [9.17, 15) is 9.90 Å². The summed E-state index contributed by atoms with van der Waals surface area (Å²) in [4.78, 5) is 25.3. The highest BCUT2D eigenvalue weighted by Crippen LogP contribution is 2.36. The molecule has 2 fully saturated rings. The Morgan fingerprint density at radius 3 is 2.44 bits per heavy atom. The van der Waals surface area contributed by atoms with Crippen LogP contribution in [0.4, 0.5) is 5.95 Å². The lowest BCUT2D eigenvalue weighted by molar-refractivity contribution is -0.137. The second kappa shape index (κ2) is 14.2. The predicted octanol–water partition coefficient (Wildman–Crippen LogP) is 5.16. The lowest BCUT2D eigenvalue weighted by atomic mass is 9.93. The molecule has 9 heteroatoms. The maximum Gasteiger partial charge on any atom is 0.303 e. The number of anilines is 1. The number of carboxylic acid groups (broad SMARTS) is 1. The molecule has 1 saturated heterocycles. The summed E-state index contributed by atoms with van der Waals surface area (Å²) in [5, 5.41) is 23.3. The fourth-order valence-electron chi connectivity index (χ4n) is 6.20. The molecular weight excluding hydrogens is 516 g/mol. The lowest BCUT2D eigenvalue weighted by Crippen LogP contribution is -2.46. The molecule has 3 heterocycles. The molecule has 9 nitrogen and oxygen atoms in total. The zero-order valence-electron chi connectivity index (χ0n) is 24.5. The van der Waals surface area contributed by atoms with Crippen LogP contribution in [0.1, 0.15) is 76.3 Å². The molecule has 3 N–H and O–H groups in total. The van der Waals surface area contributed by atoms with E-state index >= 15 is 0 Å². The van der Waals surface area contributed by atoms with Gasteiger partial charge in [-0.1, -0.05) is 37.6 Å². The fraction of sp³-hybridized carbons (Fsp3) is 0.594. The van der Waals surface area contributed by atoms with Crippen molar-refractivity contribution in [1.29, 1.82) is 0 Å². The van der Waals surface area contributed by atoms with Gasteiger partial charge in [0.15, 0.2) is 0 Å². The standard InChI is InChI=1S/C32H46N6O3/c1-2-15-33-32-34-21-28-29(23-38(31(28)35-32)26-11-13-27(39)14-12-26)25-9-7-24(8-10-25)22-37-19-17-36(18-20-37)16-5-3-4-6-30(40)41/h7-10,21,23,26-27,39H,2-6,11-20,22H2,1H3,(H,40,41)(H,33,34,35). The van der Waals surface area contributed by atoms with Crippen LogP contribution in [0.5, 0.6) is 0 Å². The van der Waals surface area contributed by atoms with Crippen molar-refractivity contribution >= 4 is 23.0 Å². The van der Waals surface area contributed by atoms with Gasteiger partial charge >= 0.3 is 5.97 Å². The smallest absolute Gasteiger partial charge is 0.303 e. The maximum absolute atomic E-state index is 10.7. The lowest BCUT2D eigenvalue weighted by Gasteiger charge is -2.34. The van der Waals surface area contributed by atoms with Crippen molar-refractivity contribution in [3.8, 4) is 11.1 Å². The van der Waals surface area contributed by atoms with E-state index in [1.165, 1.54) is 11.1 Å². The van der Waals surface area contributed by atoms with Crippen molar-refractivity contribution in [2.24, 2.45) is 0 Å². The number of carbonyl (C=O) groups is 1. The van der Waals surface area contributed by atoms with Crippen LogP contribution in [0.2, 0.25) is 0 Å². The third-order valence-electron chi connectivity index (χ3n) is 8.67. The van der Waals surface area contributed by atoms with Gasteiger partial charge in [0.2, 0.25) is 5.95 Å². The van der Waals surface area contributed by atoms with Gasteiger partial charge in [0.1, 0.15) is 5.65 Å². The summed E-state index contributed by atoms with van der Waals surface area (Å²) in [7, 11) is 0. The Morgan fingerprint density at radius 1 is 1.00 bits per heavy atom. The van der Waals surface area contributed by atoms with Crippen LogP contribution in [0, 0.1) is 0 Å². The molecule has 1 aliphatic heterocycles. The molecule has 0 spiro atoms. The third kappa shape index (κ3) is 7.84. The van der Waals surface area contributed by atoms with Crippen molar-refractivity contribution in [3.63, 3.8) is 0 Å². The number of piperazine rings is 1. The van der Waals surface area contributed by atoms with E-state index in [0.717, 1.165) is 114 Å². The van der Waals surface area contributed by atoms with Crippen LogP contribution in [0.25, 0.3) is 22.2 Å². The Balaban J connectivity index is 1.22. The third-order valence-corrected chi connectivity index (χ3v) is 8.67. The normalized spacial score (nSPS) is 20.4. The van der Waals surface area contributed by atoms with Gasteiger partial charge in [0.05, 0.1) is 6.10 Å². The van der Waals surface area contributed by atoms with Gasteiger partial charge in [0.25, 0.3) is 0 Å². The summed E-state index contributed by atoms with van der Waals surface area (Å²) in [6.07, 6.45) is 11.8. The van der Waals surface area contributed by atoms with Gasteiger partial charge in [-0.15, -0.1) is 0 Å². The molecule has 0 atom stereocenters. The Hall–Kier alpha value is -3.01. The molecule has 5 rings (SSSR count). The van der Waals surface area contributed by atoms with Crippen molar-refractivity contribution in [2.75, 3.05) is 44.6 Å². The Morgan fingerprint density at radius 2 is 1.73 bits per heavy atom. The minimum absolute atomic E-state index is 0.185. The van der Waals surface area contributed by atoms with Crippen molar-refractivity contribution < 1.29 is 15.0 Å². The number of benzene rings is 1. The number of aliphatic hydroxyl groups is 1. The first kappa shape index (κ1) is 29.5. The number of aliphatic hydroxyl groups excluding tert-OH is 1. The number of carboxylic acids is 1. The summed E-state index contributed by atoms with van der Waals surface area (Å²) < 4.78 is 2.33. The zero-order valence-corrected chi connectivity index (χ0v) is 24.5. The number of aromatic nitrogens is 3. The van der Waals surface area contributed by atoms with Crippen LogP contribution >= 0.6 is 0 Å². The maximum atomic E-state index is 10.7. The van der Waals surface area contributed by atoms with Gasteiger partial charge in [0, 0.05) is 75.1 Å². The fourth-order valence-corrected chi connectivity index (χ4v) is 6.20. The minimum atomic E-state index is -0.692. The van der Waals surface area contributed by atoms with Gasteiger partial charge < -0.3 is 25.0 Å². The molecule has 1 aromatic carbocycles. The van der Waals surface area contributed by atoms with E-state index in [1.807, 2.05) is 6.20 Å². The van der Waals surface area contributed by atoms with Gasteiger partial charge in [-0.2, -0.15) is 4.98 Å². The van der Waals surface area contributed by atoms with Gasteiger partial charge in [-0.3, -0.25) is 9.69 Å². The van der Waals surface area contributed by atoms with Crippen LogP contribution in [-0.2, 0) is 11.3 Å². The summed E-state index contributed by atoms with van der Waals surface area (Å²) in [6.45, 7) is 9.27. The SMILES string of the molecule is CCCNc1ncc2c(-c3ccc(CN4CCN(CCCCCC(=O)O)CC4)cc3)cn(C3CCC(O)CC3)c2n1. The molecule has 0 amide bonds. The number of unbranched alkanes of at least 4 members (excludes halogenated alkanes) is 2. The molecule has 41 heavy (non-hydrogen) atoms. The first-order valence-corrected chi connectivity index (χ1v) is 15.6. The van der Waals surface area contributed by atoms with Crippen molar-refractivity contribution in [1.82, 2.24) is 24.3 Å². The minimum Gasteiger partial charge on any atom is -0.481 e. The Bertz CT molecular complexity index is 1260. The molecule has 2 aliphatic rings. The number of aliphatic carboxylic acids is 1. The average molecular weight is 563 g/mol. The van der Waals surface area contributed by atoms with E-state index in [4.69, 9.17) is 10.1 Å². The van der Waals surface area contributed by atoms with E-state index in [1.54, 1.807) is 0 Å². The largest absolute Gasteiger partial charge is 0.481 e. The van der Waals surface area contributed by atoms with Crippen LogP contribution < -0.4 is 5.32 Å². The predicted molar refractivity (Wildman–Crippen MR) is 163 cm³/mol. The number of nitrogens with one attached hydrogen (secondary N) is 1. The van der Waals surface area contributed by atoms with Crippen LogP contribution in [0.3, 0.4) is 0 Å². The molecule has 0 unspecified atom stereocenters. The highest BCUT2D eigenvalue weighted by atomic mass is 16.4. The zero-order chi connectivity index (χ0) is 28.6.